The number of fused-ring (bicyclic) bond motifs is 1. The number of aromatic nitrogens is 3. The molecule has 25 heavy (non-hydrogen) atoms. The van der Waals surface area contributed by atoms with Crippen molar-refractivity contribution in [2.75, 3.05) is 0 Å². The van der Waals surface area contributed by atoms with Crippen LogP contribution in [0.2, 0.25) is 0 Å². The van der Waals surface area contributed by atoms with Crippen LogP contribution in [0.1, 0.15) is 16.2 Å². The monoisotopic (exact) mass is 336 g/mol. The van der Waals surface area contributed by atoms with Crippen molar-refractivity contribution in [3.05, 3.63) is 72.1 Å². The maximum Gasteiger partial charge on any atom is 0.270 e. The number of pyridine rings is 1. The van der Waals surface area contributed by atoms with Gasteiger partial charge in [-0.1, -0.05) is 12.1 Å². The van der Waals surface area contributed by atoms with E-state index in [0.29, 0.717) is 28.1 Å². The van der Waals surface area contributed by atoms with Crippen LogP contribution in [0.5, 0.6) is 0 Å². The molecule has 6 nitrogen and oxygen atoms in total. The topological polar surface area (TPSA) is 83.8 Å². The maximum absolute atomic E-state index is 13.5. The molecule has 124 valence electrons. The van der Waals surface area contributed by atoms with Gasteiger partial charge in [0.15, 0.2) is 0 Å². The molecular formula is C18H13FN4O2. The van der Waals surface area contributed by atoms with Crippen molar-refractivity contribution in [2.45, 2.75) is 6.54 Å². The highest BCUT2D eigenvalue weighted by Crippen LogP contribution is 2.25. The normalized spacial score (nSPS) is 10.9. The molecule has 0 aliphatic carbocycles. The molecule has 0 unspecified atom stereocenters. The Kier molecular flexibility index (Phi) is 3.74. The van der Waals surface area contributed by atoms with Crippen molar-refractivity contribution >= 4 is 16.9 Å². The number of hydrogen-bond acceptors (Lipinski definition) is 4. The molecular weight excluding hydrogens is 323 g/mol. The van der Waals surface area contributed by atoms with E-state index in [9.17, 15) is 9.18 Å². The SMILES string of the molecule is O=C(NCc1ccco1)c1ccc2[nH]nc(-c3cccc(F)c3)c2n1. The number of benzene rings is 1. The Morgan fingerprint density at radius 3 is 2.92 bits per heavy atom. The molecule has 3 aromatic heterocycles. The number of carbonyl (C=O) groups excluding carboxylic acids is 1. The Hall–Kier alpha value is -3.48. The largest absolute Gasteiger partial charge is 0.467 e. The van der Waals surface area contributed by atoms with Gasteiger partial charge < -0.3 is 9.73 Å². The van der Waals surface area contributed by atoms with Gasteiger partial charge in [0.25, 0.3) is 5.91 Å². The van der Waals surface area contributed by atoms with Crippen LogP contribution in [0.25, 0.3) is 22.3 Å². The fourth-order valence-corrected chi connectivity index (χ4v) is 2.53. The molecule has 0 spiro atoms. The predicted molar refractivity (Wildman–Crippen MR) is 89.2 cm³/mol. The van der Waals surface area contributed by atoms with Gasteiger partial charge in [0.05, 0.1) is 18.3 Å². The summed E-state index contributed by atoms with van der Waals surface area (Å²) in [6.07, 6.45) is 1.54. The van der Waals surface area contributed by atoms with Crippen molar-refractivity contribution < 1.29 is 13.6 Å². The molecule has 0 atom stereocenters. The quantitative estimate of drug-likeness (QED) is 0.599. The zero-order valence-corrected chi connectivity index (χ0v) is 13.0. The maximum atomic E-state index is 13.5. The fraction of sp³-hybridized carbons (Fsp3) is 0.0556. The molecule has 7 heteroatoms. The Morgan fingerprint density at radius 1 is 1.20 bits per heavy atom. The van der Waals surface area contributed by atoms with Crippen LogP contribution in [0.4, 0.5) is 4.39 Å². The van der Waals surface area contributed by atoms with Gasteiger partial charge in [-0.25, -0.2) is 9.37 Å². The smallest absolute Gasteiger partial charge is 0.270 e. The summed E-state index contributed by atoms with van der Waals surface area (Å²) in [5, 5.41) is 9.78. The molecule has 2 N–H and O–H groups in total. The molecule has 0 saturated heterocycles. The summed E-state index contributed by atoms with van der Waals surface area (Å²) in [6.45, 7) is 0.272. The van der Waals surface area contributed by atoms with Crippen molar-refractivity contribution in [2.24, 2.45) is 0 Å². The summed E-state index contributed by atoms with van der Waals surface area (Å²) in [6, 6.07) is 12.9. The van der Waals surface area contributed by atoms with Gasteiger partial charge in [0, 0.05) is 5.56 Å². The second kappa shape index (κ2) is 6.20. The van der Waals surface area contributed by atoms with E-state index in [1.165, 1.54) is 12.1 Å². The third-order valence-electron chi connectivity index (χ3n) is 3.74. The first kappa shape index (κ1) is 15.1. The van der Waals surface area contributed by atoms with E-state index in [-0.39, 0.29) is 24.0 Å². The van der Waals surface area contributed by atoms with Gasteiger partial charge in [0.1, 0.15) is 28.5 Å². The standard InChI is InChI=1S/C18H13FN4O2/c19-12-4-1-3-11(9-12)16-17-14(22-23-16)6-7-15(21-17)18(24)20-10-13-5-2-8-25-13/h1-9H,10H2,(H,20,24)(H,22,23). The second-order valence-electron chi connectivity index (χ2n) is 5.44. The third kappa shape index (κ3) is 2.99. The Bertz CT molecular complexity index is 1040. The lowest BCUT2D eigenvalue weighted by molar-refractivity contribution is 0.0943. The molecule has 4 rings (SSSR count). The number of H-pyrrole nitrogens is 1. The molecule has 3 heterocycles. The van der Waals surface area contributed by atoms with Crippen molar-refractivity contribution in [3.8, 4) is 11.3 Å². The van der Waals surface area contributed by atoms with Crippen LogP contribution in [0.3, 0.4) is 0 Å². The highest BCUT2D eigenvalue weighted by Gasteiger charge is 2.14. The predicted octanol–water partition coefficient (Wildman–Crippen LogP) is 3.29. The molecule has 0 radical (unpaired) electrons. The lowest BCUT2D eigenvalue weighted by atomic mass is 10.1. The number of amides is 1. The van der Waals surface area contributed by atoms with Gasteiger partial charge in [0.2, 0.25) is 0 Å². The first-order chi connectivity index (χ1) is 12.2. The number of carbonyl (C=O) groups is 1. The summed E-state index contributed by atoms with van der Waals surface area (Å²) in [7, 11) is 0. The molecule has 0 fully saturated rings. The zero-order valence-electron chi connectivity index (χ0n) is 13.0. The van der Waals surface area contributed by atoms with Gasteiger partial charge >= 0.3 is 0 Å². The van der Waals surface area contributed by atoms with E-state index >= 15 is 0 Å². The summed E-state index contributed by atoms with van der Waals surface area (Å²) in [5.74, 6) is -0.0381. The molecule has 0 aliphatic heterocycles. The van der Waals surface area contributed by atoms with Gasteiger partial charge in [-0.05, 0) is 36.4 Å². The lowest BCUT2D eigenvalue weighted by Crippen LogP contribution is -2.23. The molecule has 1 aromatic carbocycles. The number of nitrogens with zero attached hydrogens (tertiary/aromatic N) is 2. The van der Waals surface area contributed by atoms with E-state index < -0.39 is 0 Å². The van der Waals surface area contributed by atoms with E-state index in [1.807, 2.05) is 0 Å². The van der Waals surface area contributed by atoms with E-state index in [2.05, 4.69) is 20.5 Å². The highest BCUT2D eigenvalue weighted by molar-refractivity contribution is 5.97. The van der Waals surface area contributed by atoms with E-state index in [4.69, 9.17) is 4.42 Å². The number of rotatable bonds is 4. The van der Waals surface area contributed by atoms with Crippen LogP contribution in [-0.4, -0.2) is 21.1 Å². The molecule has 0 aliphatic rings. The van der Waals surface area contributed by atoms with Crippen LogP contribution in [-0.2, 0) is 6.54 Å². The first-order valence-electron chi connectivity index (χ1n) is 7.62. The zero-order chi connectivity index (χ0) is 17.2. The Morgan fingerprint density at radius 2 is 2.12 bits per heavy atom. The number of aromatic amines is 1. The Balaban J connectivity index is 1.65. The minimum Gasteiger partial charge on any atom is -0.467 e. The van der Waals surface area contributed by atoms with Crippen molar-refractivity contribution in [3.63, 3.8) is 0 Å². The summed E-state index contributed by atoms with van der Waals surface area (Å²) in [5.41, 5.74) is 2.51. The average molecular weight is 336 g/mol. The summed E-state index contributed by atoms with van der Waals surface area (Å²) < 4.78 is 18.7. The van der Waals surface area contributed by atoms with E-state index in [1.54, 1.807) is 42.7 Å². The first-order valence-corrected chi connectivity index (χ1v) is 7.62. The average Bonchev–Trinajstić information content (AvgIpc) is 3.28. The second-order valence-corrected chi connectivity index (χ2v) is 5.44. The van der Waals surface area contributed by atoms with Crippen LogP contribution in [0, 0.1) is 5.82 Å². The molecule has 0 bridgehead atoms. The summed E-state index contributed by atoms with van der Waals surface area (Å²) >= 11 is 0. The van der Waals surface area contributed by atoms with Gasteiger partial charge in [-0.15, -0.1) is 0 Å². The van der Waals surface area contributed by atoms with E-state index in [0.717, 1.165) is 0 Å². The van der Waals surface area contributed by atoms with Crippen molar-refractivity contribution in [1.29, 1.82) is 0 Å². The number of nitrogens with one attached hydrogen (secondary N) is 2. The third-order valence-corrected chi connectivity index (χ3v) is 3.74. The van der Waals surface area contributed by atoms with Gasteiger partial charge in [-0.3, -0.25) is 9.89 Å². The minimum absolute atomic E-state index is 0.248. The van der Waals surface area contributed by atoms with Crippen molar-refractivity contribution in [1.82, 2.24) is 20.5 Å². The number of furan rings is 1. The summed E-state index contributed by atoms with van der Waals surface area (Å²) in [4.78, 5) is 16.7. The van der Waals surface area contributed by atoms with Crippen LogP contribution >= 0.6 is 0 Å². The molecule has 1 amide bonds. The highest BCUT2D eigenvalue weighted by atomic mass is 19.1. The fourth-order valence-electron chi connectivity index (χ4n) is 2.53. The molecule has 4 aromatic rings. The lowest BCUT2D eigenvalue weighted by Gasteiger charge is -2.03. The Labute approximate surface area is 141 Å². The van der Waals surface area contributed by atoms with Gasteiger partial charge in [-0.2, -0.15) is 5.10 Å². The van der Waals surface area contributed by atoms with Crippen LogP contribution < -0.4 is 5.32 Å². The number of hydrogen-bond donors (Lipinski definition) is 2. The molecule has 0 saturated carbocycles. The number of halogens is 1. The van der Waals surface area contributed by atoms with Crippen LogP contribution in [0.15, 0.2) is 59.2 Å². The minimum atomic E-state index is -0.360.